The van der Waals surface area contributed by atoms with Gasteiger partial charge in [0.05, 0.1) is 29.6 Å². The fourth-order valence-electron chi connectivity index (χ4n) is 3.39. The third-order valence-corrected chi connectivity index (χ3v) is 5.82. The van der Waals surface area contributed by atoms with E-state index < -0.39 is 22.8 Å². The first-order valence-electron chi connectivity index (χ1n) is 11.1. The molecule has 0 amide bonds. The predicted octanol–water partition coefficient (Wildman–Crippen LogP) is 5.44. The van der Waals surface area contributed by atoms with Crippen molar-refractivity contribution in [3.63, 3.8) is 0 Å². The summed E-state index contributed by atoms with van der Waals surface area (Å²) in [6.07, 6.45) is 2.39. The number of ketones is 1. The number of hydrogen-bond acceptors (Lipinski definition) is 5. The summed E-state index contributed by atoms with van der Waals surface area (Å²) < 4.78 is 11.9. The summed E-state index contributed by atoms with van der Waals surface area (Å²) in [4.78, 5) is 35.2. The molecule has 1 aromatic carbocycles. The van der Waals surface area contributed by atoms with E-state index in [1.165, 1.54) is 0 Å². The molecule has 0 aromatic heterocycles. The van der Waals surface area contributed by atoms with Crippen molar-refractivity contribution in [3.05, 3.63) is 22.8 Å². The van der Waals surface area contributed by atoms with Gasteiger partial charge in [-0.3, -0.25) is 14.4 Å². The topological polar surface area (TPSA) is 110 Å². The molecule has 0 saturated heterocycles. The minimum absolute atomic E-state index is 0.0553. The molecule has 1 rings (SSSR count). The van der Waals surface area contributed by atoms with Crippen molar-refractivity contribution in [2.75, 3.05) is 13.2 Å². The van der Waals surface area contributed by atoms with Crippen molar-refractivity contribution >= 4 is 17.7 Å². The summed E-state index contributed by atoms with van der Waals surface area (Å²) in [6.45, 7) is 12.9. The summed E-state index contributed by atoms with van der Waals surface area (Å²) >= 11 is 0. The van der Waals surface area contributed by atoms with Gasteiger partial charge >= 0.3 is 11.9 Å². The van der Waals surface area contributed by atoms with E-state index in [2.05, 4.69) is 0 Å². The molecule has 0 aliphatic heterocycles. The largest absolute Gasteiger partial charge is 0.493 e. The Morgan fingerprint density at radius 1 is 0.875 bits per heavy atom. The van der Waals surface area contributed by atoms with Crippen LogP contribution in [-0.2, 0) is 9.59 Å². The Bertz CT molecular complexity index is 837. The molecule has 7 heteroatoms. The second kappa shape index (κ2) is 11.3. The molecule has 32 heavy (non-hydrogen) atoms. The molecule has 0 heterocycles. The number of aryl methyl sites for hydroxylation is 1. The van der Waals surface area contributed by atoms with Crippen LogP contribution in [0.1, 0.15) is 88.2 Å². The zero-order valence-corrected chi connectivity index (χ0v) is 20.5. The normalized spacial score (nSPS) is 11.8. The Balaban J connectivity index is 2.95. The minimum atomic E-state index is -0.848. The lowest BCUT2D eigenvalue weighted by Gasteiger charge is -2.22. The summed E-state index contributed by atoms with van der Waals surface area (Å²) in [5.41, 5.74) is 0.369. The van der Waals surface area contributed by atoms with Crippen molar-refractivity contribution in [2.45, 2.75) is 80.6 Å². The quantitative estimate of drug-likeness (QED) is 0.287. The first-order chi connectivity index (χ1) is 14.7. The van der Waals surface area contributed by atoms with E-state index >= 15 is 0 Å². The lowest BCUT2D eigenvalue weighted by molar-refractivity contribution is -0.148. The van der Waals surface area contributed by atoms with E-state index in [1.807, 2.05) is 13.8 Å². The number of benzene rings is 1. The maximum atomic E-state index is 12.7. The standard InChI is InChI=1S/C25H38O7/c1-8-18(26)20-17(3)21(32-14-10-12-25(6,7)23(29)30)16(2)15-19(20)31-13-9-11-24(4,5)22(27)28/h15H,8-14H2,1-7H3,(H,27,28)(H,29,30). The van der Waals surface area contributed by atoms with E-state index in [4.69, 9.17) is 9.47 Å². The van der Waals surface area contributed by atoms with E-state index in [1.54, 1.807) is 40.7 Å². The number of carbonyl (C=O) groups excluding carboxylic acids is 1. The van der Waals surface area contributed by atoms with Crippen LogP contribution < -0.4 is 9.47 Å². The number of carboxylic acids is 2. The molecule has 0 aliphatic carbocycles. The summed E-state index contributed by atoms with van der Waals surface area (Å²) in [5.74, 6) is -0.637. The third kappa shape index (κ3) is 7.24. The highest BCUT2D eigenvalue weighted by molar-refractivity contribution is 6.00. The summed E-state index contributed by atoms with van der Waals surface area (Å²) in [6, 6.07) is 1.79. The van der Waals surface area contributed by atoms with Crippen LogP contribution >= 0.6 is 0 Å². The van der Waals surface area contributed by atoms with Gasteiger partial charge in [0.15, 0.2) is 5.78 Å². The van der Waals surface area contributed by atoms with Crippen molar-refractivity contribution in [3.8, 4) is 11.5 Å². The smallest absolute Gasteiger partial charge is 0.309 e. The molecule has 0 fully saturated rings. The number of carboxylic acid groups (broad SMARTS) is 2. The van der Waals surface area contributed by atoms with Gasteiger partial charge in [-0.15, -0.1) is 0 Å². The fourth-order valence-corrected chi connectivity index (χ4v) is 3.39. The summed E-state index contributed by atoms with van der Waals surface area (Å²) in [7, 11) is 0. The molecule has 0 bridgehead atoms. The number of carbonyl (C=O) groups is 3. The molecule has 0 atom stereocenters. The zero-order chi connectivity index (χ0) is 24.7. The van der Waals surface area contributed by atoms with Crippen molar-refractivity contribution in [1.82, 2.24) is 0 Å². The highest BCUT2D eigenvalue weighted by Gasteiger charge is 2.28. The van der Waals surface area contributed by atoms with Crippen molar-refractivity contribution in [1.29, 1.82) is 0 Å². The number of hydrogen-bond donors (Lipinski definition) is 2. The van der Waals surface area contributed by atoms with Crippen LogP contribution in [0.2, 0.25) is 0 Å². The van der Waals surface area contributed by atoms with Crippen LogP contribution in [0.15, 0.2) is 6.07 Å². The van der Waals surface area contributed by atoms with Crippen LogP contribution in [0, 0.1) is 24.7 Å². The maximum Gasteiger partial charge on any atom is 0.309 e. The Morgan fingerprint density at radius 2 is 1.34 bits per heavy atom. The molecule has 0 saturated carbocycles. The monoisotopic (exact) mass is 450 g/mol. The van der Waals surface area contributed by atoms with Gasteiger partial charge in [-0.05, 0) is 78.9 Å². The Hall–Kier alpha value is -2.57. The first-order valence-corrected chi connectivity index (χ1v) is 11.1. The molecule has 7 nitrogen and oxygen atoms in total. The number of Topliss-reactive ketones (excluding diaryl/α,β-unsaturated/α-hetero) is 1. The van der Waals surface area contributed by atoms with Crippen LogP contribution in [-0.4, -0.2) is 41.1 Å². The lowest BCUT2D eigenvalue weighted by atomic mass is 9.88. The Kier molecular flexibility index (Phi) is 9.73. The molecular formula is C25H38O7. The van der Waals surface area contributed by atoms with Gasteiger partial charge in [-0.2, -0.15) is 0 Å². The average molecular weight is 451 g/mol. The highest BCUT2D eigenvalue weighted by Crippen LogP contribution is 2.35. The molecular weight excluding hydrogens is 412 g/mol. The number of aliphatic carboxylic acids is 2. The second-order valence-electron chi connectivity index (χ2n) is 9.58. The molecule has 0 spiro atoms. The van der Waals surface area contributed by atoms with Gasteiger partial charge in [0, 0.05) is 12.0 Å². The van der Waals surface area contributed by atoms with Gasteiger partial charge in [0.1, 0.15) is 11.5 Å². The van der Waals surface area contributed by atoms with E-state index in [9.17, 15) is 24.6 Å². The van der Waals surface area contributed by atoms with Gasteiger partial charge in [0.2, 0.25) is 0 Å². The first kappa shape index (κ1) is 27.5. The minimum Gasteiger partial charge on any atom is -0.493 e. The van der Waals surface area contributed by atoms with Gasteiger partial charge in [-0.25, -0.2) is 0 Å². The number of ether oxygens (including phenoxy) is 2. The third-order valence-electron chi connectivity index (χ3n) is 5.82. The average Bonchev–Trinajstić information content (AvgIpc) is 2.69. The molecule has 0 unspecified atom stereocenters. The highest BCUT2D eigenvalue weighted by atomic mass is 16.5. The van der Waals surface area contributed by atoms with Crippen molar-refractivity contribution < 1.29 is 34.1 Å². The van der Waals surface area contributed by atoms with E-state index in [-0.39, 0.29) is 5.78 Å². The lowest BCUT2D eigenvalue weighted by Crippen LogP contribution is -2.24. The fraction of sp³-hybridized carbons (Fsp3) is 0.640. The van der Waals surface area contributed by atoms with Crippen LogP contribution in [0.3, 0.4) is 0 Å². The molecule has 0 aliphatic rings. The van der Waals surface area contributed by atoms with E-state index in [0.717, 1.165) is 5.56 Å². The van der Waals surface area contributed by atoms with Crippen LogP contribution in [0.25, 0.3) is 0 Å². The van der Waals surface area contributed by atoms with Crippen LogP contribution in [0.5, 0.6) is 11.5 Å². The summed E-state index contributed by atoms with van der Waals surface area (Å²) in [5, 5.41) is 18.5. The Labute approximate surface area is 191 Å². The van der Waals surface area contributed by atoms with Gasteiger partial charge < -0.3 is 19.7 Å². The SMILES string of the molecule is CCC(=O)c1c(OCCCC(C)(C)C(=O)O)cc(C)c(OCCCC(C)(C)C(=O)O)c1C. The molecule has 0 radical (unpaired) electrons. The molecule has 2 N–H and O–H groups in total. The van der Waals surface area contributed by atoms with Gasteiger partial charge in [0.25, 0.3) is 0 Å². The maximum absolute atomic E-state index is 12.7. The zero-order valence-electron chi connectivity index (χ0n) is 20.5. The predicted molar refractivity (Wildman–Crippen MR) is 123 cm³/mol. The van der Waals surface area contributed by atoms with E-state index in [0.29, 0.717) is 67.9 Å². The van der Waals surface area contributed by atoms with Crippen molar-refractivity contribution in [2.24, 2.45) is 10.8 Å². The number of rotatable bonds is 14. The second-order valence-corrected chi connectivity index (χ2v) is 9.58. The molecule has 180 valence electrons. The van der Waals surface area contributed by atoms with Crippen LogP contribution in [0.4, 0.5) is 0 Å². The van der Waals surface area contributed by atoms with Gasteiger partial charge in [-0.1, -0.05) is 6.92 Å². The Morgan fingerprint density at radius 3 is 1.78 bits per heavy atom. The molecule has 1 aromatic rings.